The Morgan fingerprint density at radius 3 is 2.39 bits per heavy atom. The highest BCUT2D eigenvalue weighted by Gasteiger charge is 2.25. The second-order valence-corrected chi connectivity index (χ2v) is 3.85. The van der Waals surface area contributed by atoms with E-state index in [1.807, 2.05) is 0 Å². The number of anilines is 1. The van der Waals surface area contributed by atoms with Gasteiger partial charge in [0.1, 0.15) is 16.4 Å². The molecule has 2 aromatic rings. The summed E-state index contributed by atoms with van der Waals surface area (Å²) < 4.78 is 4.87. The van der Waals surface area contributed by atoms with Gasteiger partial charge in [-0.3, -0.25) is 10.1 Å². The van der Waals surface area contributed by atoms with Crippen LogP contribution in [0.5, 0.6) is 0 Å². The summed E-state index contributed by atoms with van der Waals surface area (Å²) >= 11 is 0. The number of nitro groups is 1. The molecule has 0 spiro atoms. The van der Waals surface area contributed by atoms with Crippen molar-refractivity contribution in [2.24, 2.45) is 0 Å². The highest BCUT2D eigenvalue weighted by Crippen LogP contribution is 2.17. The Morgan fingerprint density at radius 1 is 1.22 bits per heavy atom. The second-order valence-electron chi connectivity index (χ2n) is 3.85. The Balaban J connectivity index is 2.15. The Kier molecular flexibility index (Phi) is 4.26. The van der Waals surface area contributed by atoms with Crippen LogP contribution in [0, 0.1) is 10.1 Å². The molecule has 12 heteroatoms. The molecule has 0 atom stereocenters. The fraction of sp³-hybridized carbons (Fsp3) is 0. The molecule has 2 heterocycles. The minimum atomic E-state index is -1.77. The highest BCUT2D eigenvalue weighted by atomic mass is 16.6. The topological polar surface area (TPSA) is 173 Å². The van der Waals surface area contributed by atoms with E-state index < -0.39 is 28.9 Å². The van der Waals surface area contributed by atoms with Crippen molar-refractivity contribution in [2.75, 3.05) is 4.90 Å². The van der Waals surface area contributed by atoms with E-state index in [0.717, 1.165) is 6.20 Å². The SMILES string of the molecule is O=C(O)N(C(=O)O)c1ncc(/C=C/c2ccc([N+](=O)[O-])o2)nn1. The third-order valence-electron chi connectivity index (χ3n) is 2.36. The molecule has 0 saturated carbocycles. The van der Waals surface area contributed by atoms with Crippen molar-refractivity contribution in [2.45, 2.75) is 0 Å². The zero-order valence-electron chi connectivity index (χ0n) is 11.1. The zero-order valence-corrected chi connectivity index (χ0v) is 11.1. The maximum atomic E-state index is 10.8. The molecule has 12 nitrogen and oxygen atoms in total. The lowest BCUT2D eigenvalue weighted by molar-refractivity contribution is -0.402. The van der Waals surface area contributed by atoms with E-state index >= 15 is 0 Å². The molecule has 2 N–H and O–H groups in total. The van der Waals surface area contributed by atoms with Crippen LogP contribution in [-0.2, 0) is 0 Å². The van der Waals surface area contributed by atoms with Gasteiger partial charge in [-0.25, -0.2) is 14.6 Å². The van der Waals surface area contributed by atoms with Crippen LogP contribution in [0.3, 0.4) is 0 Å². The number of nitrogens with zero attached hydrogens (tertiary/aromatic N) is 5. The minimum absolute atomic E-state index is 0.101. The normalized spacial score (nSPS) is 10.6. The number of imide groups is 1. The minimum Gasteiger partial charge on any atom is -0.464 e. The molecule has 0 bridgehead atoms. The number of rotatable bonds is 4. The van der Waals surface area contributed by atoms with Gasteiger partial charge >= 0.3 is 18.1 Å². The quantitative estimate of drug-likeness (QED) is 0.623. The molecule has 0 fully saturated rings. The van der Waals surface area contributed by atoms with Crippen LogP contribution in [0.15, 0.2) is 22.7 Å². The Bertz CT molecular complexity index is 768. The predicted molar refractivity (Wildman–Crippen MR) is 72.6 cm³/mol. The van der Waals surface area contributed by atoms with Gasteiger partial charge in [-0.2, -0.15) is 0 Å². The van der Waals surface area contributed by atoms with Gasteiger partial charge in [0.2, 0.25) is 0 Å². The van der Waals surface area contributed by atoms with Crippen LogP contribution < -0.4 is 4.90 Å². The van der Waals surface area contributed by atoms with E-state index in [1.165, 1.54) is 24.3 Å². The monoisotopic (exact) mass is 321 g/mol. The van der Waals surface area contributed by atoms with Crippen molar-refractivity contribution < 1.29 is 29.1 Å². The van der Waals surface area contributed by atoms with Crippen molar-refractivity contribution in [3.05, 3.63) is 39.9 Å². The van der Waals surface area contributed by atoms with Crippen molar-refractivity contribution in [1.82, 2.24) is 15.2 Å². The zero-order chi connectivity index (χ0) is 17.0. The average Bonchev–Trinajstić information content (AvgIpc) is 2.95. The Morgan fingerprint density at radius 2 is 1.91 bits per heavy atom. The molecule has 0 saturated heterocycles. The number of amides is 2. The first-order valence-corrected chi connectivity index (χ1v) is 5.76. The Hall–Kier alpha value is -3.83. The fourth-order valence-corrected chi connectivity index (χ4v) is 1.41. The molecule has 0 aliphatic rings. The largest absolute Gasteiger partial charge is 0.464 e. The number of aromatic nitrogens is 3. The van der Waals surface area contributed by atoms with E-state index in [-0.39, 0.29) is 16.4 Å². The lowest BCUT2D eigenvalue weighted by Gasteiger charge is -2.09. The molecule has 0 aliphatic heterocycles. The van der Waals surface area contributed by atoms with Crippen LogP contribution in [0.1, 0.15) is 11.5 Å². The van der Waals surface area contributed by atoms with Gasteiger partial charge in [0.15, 0.2) is 0 Å². The fourth-order valence-electron chi connectivity index (χ4n) is 1.41. The number of carbonyl (C=O) groups is 2. The van der Waals surface area contributed by atoms with Gasteiger partial charge in [0, 0.05) is 0 Å². The maximum absolute atomic E-state index is 10.8. The van der Waals surface area contributed by atoms with Gasteiger partial charge in [-0.1, -0.05) is 0 Å². The summed E-state index contributed by atoms with van der Waals surface area (Å²) in [5, 5.41) is 34.9. The smallest absolute Gasteiger partial charge is 0.433 e. The van der Waals surface area contributed by atoms with Crippen molar-refractivity contribution in [3.63, 3.8) is 0 Å². The molecule has 0 unspecified atom stereocenters. The van der Waals surface area contributed by atoms with Gasteiger partial charge in [0.25, 0.3) is 5.95 Å². The second kappa shape index (κ2) is 6.30. The van der Waals surface area contributed by atoms with Crippen LogP contribution in [-0.4, -0.2) is 42.5 Å². The summed E-state index contributed by atoms with van der Waals surface area (Å²) in [4.78, 5) is 34.7. The number of hydrogen-bond donors (Lipinski definition) is 2. The predicted octanol–water partition coefficient (Wildman–Crippen LogP) is 1.71. The van der Waals surface area contributed by atoms with Crippen LogP contribution in [0.2, 0.25) is 0 Å². The van der Waals surface area contributed by atoms with E-state index in [1.54, 1.807) is 0 Å². The molecular formula is C11H7N5O7. The van der Waals surface area contributed by atoms with E-state index in [0.29, 0.717) is 0 Å². The lowest BCUT2D eigenvalue weighted by Crippen LogP contribution is -2.36. The number of furan rings is 1. The first-order chi connectivity index (χ1) is 10.9. The summed E-state index contributed by atoms with van der Waals surface area (Å²) in [7, 11) is 0. The first-order valence-electron chi connectivity index (χ1n) is 5.76. The van der Waals surface area contributed by atoms with Crippen LogP contribution in [0.25, 0.3) is 12.2 Å². The standard InChI is InChI=1S/C11H7N5O7/c17-10(18)15(11(19)20)9-12-5-6(13-14-9)1-2-7-3-4-8(23-7)16(21)22/h1-5H,(H,17,18)(H,19,20)/b2-1+. The third-order valence-corrected chi connectivity index (χ3v) is 2.36. The molecule has 2 aromatic heterocycles. The summed E-state index contributed by atoms with van der Waals surface area (Å²) in [6.45, 7) is 0. The third kappa shape index (κ3) is 3.63. The highest BCUT2D eigenvalue weighted by molar-refractivity contribution is 6.06. The van der Waals surface area contributed by atoms with Crippen LogP contribution in [0.4, 0.5) is 21.4 Å². The van der Waals surface area contributed by atoms with Crippen molar-refractivity contribution in [3.8, 4) is 0 Å². The molecule has 0 radical (unpaired) electrons. The molecule has 2 rings (SSSR count). The molecule has 23 heavy (non-hydrogen) atoms. The summed E-state index contributed by atoms with van der Waals surface area (Å²) in [6.07, 6.45) is 0.230. The van der Waals surface area contributed by atoms with Gasteiger partial charge < -0.3 is 14.6 Å². The van der Waals surface area contributed by atoms with Crippen molar-refractivity contribution >= 4 is 36.2 Å². The lowest BCUT2D eigenvalue weighted by atomic mass is 10.3. The molecule has 0 aliphatic carbocycles. The molecule has 118 valence electrons. The maximum Gasteiger partial charge on any atom is 0.433 e. The van der Waals surface area contributed by atoms with Gasteiger partial charge in [-0.05, 0) is 18.2 Å². The first kappa shape index (κ1) is 15.6. The number of carboxylic acid groups (broad SMARTS) is 2. The van der Waals surface area contributed by atoms with E-state index in [2.05, 4.69) is 15.2 Å². The molecule has 0 aromatic carbocycles. The van der Waals surface area contributed by atoms with E-state index in [4.69, 9.17) is 14.6 Å². The van der Waals surface area contributed by atoms with Crippen LogP contribution >= 0.6 is 0 Å². The van der Waals surface area contributed by atoms with E-state index in [9.17, 15) is 19.7 Å². The van der Waals surface area contributed by atoms with Crippen molar-refractivity contribution in [1.29, 1.82) is 0 Å². The molecule has 2 amide bonds. The van der Waals surface area contributed by atoms with Gasteiger partial charge in [0.05, 0.1) is 12.3 Å². The summed E-state index contributed by atoms with van der Waals surface area (Å²) in [5.74, 6) is -0.876. The average molecular weight is 321 g/mol. The summed E-state index contributed by atoms with van der Waals surface area (Å²) in [5.41, 5.74) is 0.156. The molecular weight excluding hydrogens is 314 g/mol. The Labute approximate surface area is 126 Å². The number of hydrogen-bond acceptors (Lipinski definition) is 8. The summed E-state index contributed by atoms with van der Waals surface area (Å²) in [6, 6.07) is 2.53. The van der Waals surface area contributed by atoms with Gasteiger partial charge in [-0.15, -0.1) is 15.1 Å².